The number of rotatable bonds is 6. The molecule has 1 aromatic rings. The van der Waals surface area contributed by atoms with Crippen molar-refractivity contribution in [3.05, 3.63) is 23.7 Å². The van der Waals surface area contributed by atoms with Crippen LogP contribution in [0.25, 0.3) is 0 Å². The molecular weight excluding hydrogens is 252 g/mol. The minimum atomic E-state index is 0.0467. The van der Waals surface area contributed by atoms with Crippen molar-refractivity contribution >= 4 is 0 Å². The van der Waals surface area contributed by atoms with E-state index in [1.807, 2.05) is 13.0 Å². The fraction of sp³-hybridized carbons (Fsp3) is 0.750. The van der Waals surface area contributed by atoms with Gasteiger partial charge in [-0.3, -0.25) is 4.90 Å². The van der Waals surface area contributed by atoms with Crippen LogP contribution in [0.5, 0.6) is 0 Å². The van der Waals surface area contributed by atoms with Crippen molar-refractivity contribution in [1.82, 2.24) is 4.90 Å². The molecule has 0 spiro atoms. The van der Waals surface area contributed by atoms with Crippen molar-refractivity contribution in [2.45, 2.75) is 58.2 Å². The number of likely N-dealkylation sites (tertiary alicyclic amines) is 1. The molecule has 3 unspecified atom stereocenters. The molecule has 2 N–H and O–H groups in total. The number of hydrogen-bond donors (Lipinski definition) is 1. The van der Waals surface area contributed by atoms with E-state index >= 15 is 0 Å². The molecular formula is C16H28N2O2. The monoisotopic (exact) mass is 280 g/mol. The van der Waals surface area contributed by atoms with Crippen molar-refractivity contribution in [2.75, 3.05) is 19.7 Å². The lowest BCUT2D eigenvalue weighted by molar-refractivity contribution is -0.0185. The van der Waals surface area contributed by atoms with E-state index in [4.69, 9.17) is 14.9 Å². The van der Waals surface area contributed by atoms with E-state index in [1.54, 1.807) is 0 Å². The van der Waals surface area contributed by atoms with Crippen molar-refractivity contribution in [1.29, 1.82) is 0 Å². The minimum Gasteiger partial charge on any atom is -0.465 e. The first-order valence-electron chi connectivity index (χ1n) is 7.79. The zero-order chi connectivity index (χ0) is 14.5. The fourth-order valence-electron chi connectivity index (χ4n) is 3.02. The number of piperidine rings is 1. The van der Waals surface area contributed by atoms with Gasteiger partial charge in [-0.2, -0.15) is 0 Å². The number of furan rings is 1. The van der Waals surface area contributed by atoms with Crippen molar-refractivity contribution in [3.8, 4) is 0 Å². The first-order valence-corrected chi connectivity index (χ1v) is 7.79. The lowest BCUT2D eigenvalue weighted by Gasteiger charge is -2.38. The van der Waals surface area contributed by atoms with Crippen molar-refractivity contribution in [3.63, 3.8) is 0 Å². The smallest absolute Gasteiger partial charge is 0.122 e. The second-order valence-corrected chi connectivity index (χ2v) is 5.88. The Morgan fingerprint density at radius 2 is 2.30 bits per heavy atom. The molecule has 0 aliphatic carbocycles. The van der Waals surface area contributed by atoms with Gasteiger partial charge in [-0.15, -0.1) is 0 Å². The quantitative estimate of drug-likeness (QED) is 0.870. The number of ether oxygens (including phenoxy) is 1. The highest BCUT2D eigenvalue weighted by atomic mass is 16.5. The van der Waals surface area contributed by atoms with Crippen LogP contribution in [0.3, 0.4) is 0 Å². The maximum Gasteiger partial charge on any atom is 0.122 e. The largest absolute Gasteiger partial charge is 0.465 e. The van der Waals surface area contributed by atoms with Gasteiger partial charge in [0, 0.05) is 19.2 Å². The summed E-state index contributed by atoms with van der Waals surface area (Å²) in [6.45, 7) is 9.05. The molecule has 2 heterocycles. The summed E-state index contributed by atoms with van der Waals surface area (Å²) in [7, 11) is 0. The summed E-state index contributed by atoms with van der Waals surface area (Å²) in [6.07, 6.45) is 3.72. The summed E-state index contributed by atoms with van der Waals surface area (Å²) >= 11 is 0. The highest BCUT2D eigenvalue weighted by molar-refractivity contribution is 5.12. The van der Waals surface area contributed by atoms with E-state index < -0.39 is 0 Å². The van der Waals surface area contributed by atoms with Gasteiger partial charge in [0.15, 0.2) is 0 Å². The molecule has 0 saturated carbocycles. The molecule has 4 heteroatoms. The minimum absolute atomic E-state index is 0.0467. The van der Waals surface area contributed by atoms with E-state index in [0.29, 0.717) is 6.10 Å². The molecule has 1 aliphatic rings. The molecule has 20 heavy (non-hydrogen) atoms. The molecule has 0 amide bonds. The molecule has 0 radical (unpaired) electrons. The fourth-order valence-corrected chi connectivity index (χ4v) is 3.02. The van der Waals surface area contributed by atoms with Gasteiger partial charge in [-0.1, -0.05) is 6.92 Å². The van der Waals surface area contributed by atoms with Crippen LogP contribution in [0.1, 0.15) is 50.7 Å². The van der Waals surface area contributed by atoms with Crippen molar-refractivity contribution < 1.29 is 9.15 Å². The summed E-state index contributed by atoms with van der Waals surface area (Å²) in [5.41, 5.74) is 6.21. The molecule has 1 aliphatic heterocycles. The molecule has 3 atom stereocenters. The van der Waals surface area contributed by atoms with Crippen LogP contribution in [0.15, 0.2) is 16.5 Å². The molecule has 114 valence electrons. The Morgan fingerprint density at radius 1 is 1.50 bits per heavy atom. The van der Waals surface area contributed by atoms with Crippen LogP contribution < -0.4 is 5.73 Å². The molecule has 0 aromatic carbocycles. The highest BCUT2D eigenvalue weighted by Gasteiger charge is 2.31. The summed E-state index contributed by atoms with van der Waals surface area (Å²) < 4.78 is 11.7. The second-order valence-electron chi connectivity index (χ2n) is 5.88. The van der Waals surface area contributed by atoms with Crippen LogP contribution in [-0.2, 0) is 4.74 Å². The van der Waals surface area contributed by atoms with Crippen LogP contribution in [0.4, 0.5) is 0 Å². The normalized spacial score (nSPS) is 23.7. The second kappa shape index (κ2) is 7.25. The van der Waals surface area contributed by atoms with E-state index in [9.17, 15) is 0 Å². The van der Waals surface area contributed by atoms with Crippen LogP contribution in [-0.4, -0.2) is 36.7 Å². The summed E-state index contributed by atoms with van der Waals surface area (Å²) in [6, 6.07) is 4.27. The first kappa shape index (κ1) is 15.5. The SMILES string of the molecule is CCCOC1CCCN(C(c2ccc(C)o2)C(C)N)C1. The predicted molar refractivity (Wildman–Crippen MR) is 80.7 cm³/mol. The molecule has 1 fully saturated rings. The molecule has 0 bridgehead atoms. The zero-order valence-electron chi connectivity index (χ0n) is 13.0. The van der Waals surface area contributed by atoms with Crippen molar-refractivity contribution in [2.24, 2.45) is 5.73 Å². The van der Waals surface area contributed by atoms with Gasteiger partial charge in [0.05, 0.1) is 12.1 Å². The number of hydrogen-bond acceptors (Lipinski definition) is 4. The average Bonchev–Trinajstić information content (AvgIpc) is 2.83. The lowest BCUT2D eigenvalue weighted by atomic mass is 10.0. The summed E-state index contributed by atoms with van der Waals surface area (Å²) in [5, 5.41) is 0. The third-order valence-corrected chi connectivity index (χ3v) is 3.91. The Balaban J connectivity index is 2.05. The Hall–Kier alpha value is -0.840. The predicted octanol–water partition coefficient (Wildman–Crippen LogP) is 2.87. The summed E-state index contributed by atoms with van der Waals surface area (Å²) in [4.78, 5) is 2.42. The highest BCUT2D eigenvalue weighted by Crippen LogP contribution is 2.29. The van der Waals surface area contributed by atoms with Gasteiger partial charge < -0.3 is 14.9 Å². The topological polar surface area (TPSA) is 51.6 Å². The molecule has 4 nitrogen and oxygen atoms in total. The summed E-state index contributed by atoms with van der Waals surface area (Å²) in [5.74, 6) is 1.93. The molecule has 1 aromatic heterocycles. The van der Waals surface area contributed by atoms with E-state index in [2.05, 4.69) is 24.8 Å². The Labute approximate surface area is 122 Å². The van der Waals surface area contributed by atoms with E-state index in [1.165, 1.54) is 0 Å². The number of aryl methyl sites for hydroxylation is 1. The Kier molecular flexibility index (Phi) is 5.64. The van der Waals surface area contributed by atoms with Crippen LogP contribution in [0, 0.1) is 6.92 Å². The number of nitrogens with zero attached hydrogens (tertiary/aromatic N) is 1. The van der Waals surface area contributed by atoms with Gasteiger partial charge in [-0.25, -0.2) is 0 Å². The third kappa shape index (κ3) is 3.84. The Morgan fingerprint density at radius 3 is 2.90 bits per heavy atom. The average molecular weight is 280 g/mol. The van der Waals surface area contributed by atoms with Gasteiger partial charge in [0.1, 0.15) is 11.5 Å². The Bertz CT molecular complexity index is 403. The molecule has 1 saturated heterocycles. The third-order valence-electron chi connectivity index (χ3n) is 3.91. The van der Waals surface area contributed by atoms with Gasteiger partial charge in [-0.05, 0) is 51.8 Å². The first-order chi connectivity index (χ1) is 9.61. The van der Waals surface area contributed by atoms with Crippen LogP contribution in [0.2, 0.25) is 0 Å². The van der Waals surface area contributed by atoms with Gasteiger partial charge in [0.2, 0.25) is 0 Å². The standard InChI is InChI=1S/C16H28N2O2/c1-4-10-19-14-6-5-9-18(11-14)16(13(3)17)15-8-7-12(2)20-15/h7-8,13-14,16H,4-6,9-11,17H2,1-3H3. The zero-order valence-corrected chi connectivity index (χ0v) is 13.0. The maximum absolute atomic E-state index is 6.21. The number of nitrogens with two attached hydrogens (primary N) is 1. The maximum atomic E-state index is 6.21. The van der Waals surface area contributed by atoms with Crippen LogP contribution >= 0.6 is 0 Å². The molecule has 2 rings (SSSR count). The van der Waals surface area contributed by atoms with E-state index in [0.717, 1.165) is 50.5 Å². The van der Waals surface area contributed by atoms with Gasteiger partial charge >= 0.3 is 0 Å². The van der Waals surface area contributed by atoms with Gasteiger partial charge in [0.25, 0.3) is 0 Å². The lowest BCUT2D eigenvalue weighted by Crippen LogP contribution is -2.46. The van der Waals surface area contributed by atoms with E-state index in [-0.39, 0.29) is 12.1 Å².